The van der Waals surface area contributed by atoms with Crippen LogP contribution in [-0.2, 0) is 16.4 Å². The topological polar surface area (TPSA) is 106 Å². The van der Waals surface area contributed by atoms with Crippen LogP contribution < -0.4 is 10.0 Å². The number of furan rings is 1. The van der Waals surface area contributed by atoms with Crippen molar-refractivity contribution >= 4 is 27.0 Å². The van der Waals surface area contributed by atoms with Crippen LogP contribution in [-0.4, -0.2) is 24.0 Å². The van der Waals surface area contributed by atoms with Crippen LogP contribution in [0.5, 0.6) is 0 Å². The van der Waals surface area contributed by atoms with Gasteiger partial charge in [0, 0.05) is 23.5 Å². The smallest absolute Gasteiger partial charge is 0.329 e. The summed E-state index contributed by atoms with van der Waals surface area (Å²) in [5.74, 6) is 0.560. The molecule has 2 amide bonds. The fourth-order valence-corrected chi connectivity index (χ4v) is 5.34. The third-order valence-corrected chi connectivity index (χ3v) is 7.38. The molecule has 0 aliphatic rings. The molecule has 36 heavy (non-hydrogen) atoms. The van der Waals surface area contributed by atoms with Crippen molar-refractivity contribution in [2.75, 3.05) is 0 Å². The molecule has 0 radical (unpaired) electrons. The molecule has 5 aromatic rings. The van der Waals surface area contributed by atoms with E-state index in [4.69, 9.17) is 4.42 Å². The van der Waals surface area contributed by atoms with E-state index in [-0.39, 0.29) is 4.90 Å². The average Bonchev–Trinajstić information content (AvgIpc) is 3.53. The van der Waals surface area contributed by atoms with Crippen molar-refractivity contribution in [3.8, 4) is 5.69 Å². The first-order chi connectivity index (χ1) is 17.4. The number of nitrogens with one attached hydrogen (secondary N) is 2. The summed E-state index contributed by atoms with van der Waals surface area (Å²) in [5, 5.41) is 3.76. The average molecular weight is 501 g/mol. The number of carbonyl (C=O) groups excluding carboxylic acids is 1. The van der Waals surface area contributed by atoms with Gasteiger partial charge in [-0.1, -0.05) is 48.5 Å². The molecule has 0 fully saturated rings. The van der Waals surface area contributed by atoms with Crippen LogP contribution in [0.3, 0.4) is 0 Å². The van der Waals surface area contributed by atoms with Gasteiger partial charge in [-0.05, 0) is 54.8 Å². The van der Waals surface area contributed by atoms with Crippen LogP contribution in [0.1, 0.15) is 23.0 Å². The molecule has 2 N–H and O–H groups in total. The molecule has 0 aliphatic heterocycles. The third kappa shape index (κ3) is 4.87. The molecule has 2 heterocycles. The molecule has 9 heteroatoms. The van der Waals surface area contributed by atoms with E-state index in [1.165, 1.54) is 6.07 Å². The zero-order chi connectivity index (χ0) is 25.1. The van der Waals surface area contributed by atoms with Crippen molar-refractivity contribution in [3.63, 3.8) is 0 Å². The summed E-state index contributed by atoms with van der Waals surface area (Å²) in [6.07, 6.45) is 5.49. The molecule has 5 rings (SSSR count). The maximum atomic E-state index is 13.0. The number of aryl methyl sites for hydroxylation is 1. The summed E-state index contributed by atoms with van der Waals surface area (Å²) in [4.78, 5) is 17.6. The number of hydrogen-bond acceptors (Lipinski definition) is 5. The Kier molecular flexibility index (Phi) is 6.30. The number of urea groups is 1. The zero-order valence-electron chi connectivity index (χ0n) is 19.5. The minimum atomic E-state index is -4.06. The van der Waals surface area contributed by atoms with Gasteiger partial charge in [0.15, 0.2) is 0 Å². The number of benzene rings is 3. The van der Waals surface area contributed by atoms with Gasteiger partial charge in [0.25, 0.3) is 10.0 Å². The lowest BCUT2D eigenvalue weighted by molar-refractivity contribution is 0.241. The number of nitrogens with zero attached hydrogens (tertiary/aromatic N) is 2. The summed E-state index contributed by atoms with van der Waals surface area (Å²) in [5.41, 5.74) is 3.11. The second-order valence-corrected chi connectivity index (χ2v) is 10.0. The first-order valence-electron chi connectivity index (χ1n) is 11.3. The predicted molar refractivity (Wildman–Crippen MR) is 136 cm³/mol. The van der Waals surface area contributed by atoms with E-state index in [0.29, 0.717) is 17.8 Å². The number of imidazole rings is 1. The first-order valence-corrected chi connectivity index (χ1v) is 12.8. The Bertz CT molecular complexity index is 1620. The second-order valence-electron chi connectivity index (χ2n) is 8.38. The fourth-order valence-electron chi connectivity index (χ4n) is 4.17. The van der Waals surface area contributed by atoms with Gasteiger partial charge in [-0.25, -0.2) is 22.9 Å². The SMILES string of the molecule is Cc1ccccc1S(=O)(=O)NC(=O)NC(Cc1ccccc1)c1nccn1-c1ccc2occc2c1. The van der Waals surface area contributed by atoms with Crippen LogP contribution in [0.4, 0.5) is 4.79 Å². The van der Waals surface area contributed by atoms with Gasteiger partial charge in [-0.3, -0.25) is 0 Å². The Morgan fingerprint density at radius 2 is 1.81 bits per heavy atom. The number of aromatic nitrogens is 2. The lowest BCUT2D eigenvalue weighted by atomic mass is 10.1. The lowest BCUT2D eigenvalue weighted by Gasteiger charge is -2.21. The largest absolute Gasteiger partial charge is 0.464 e. The van der Waals surface area contributed by atoms with Gasteiger partial charge in [-0.15, -0.1) is 0 Å². The number of amides is 2. The monoisotopic (exact) mass is 500 g/mol. The summed E-state index contributed by atoms with van der Waals surface area (Å²) in [6.45, 7) is 1.68. The Hall–Kier alpha value is -4.37. The van der Waals surface area contributed by atoms with Gasteiger partial charge in [0.1, 0.15) is 11.4 Å². The van der Waals surface area contributed by atoms with E-state index in [2.05, 4.69) is 15.0 Å². The highest BCUT2D eigenvalue weighted by Gasteiger charge is 2.25. The van der Waals surface area contributed by atoms with Crippen LogP contribution in [0.25, 0.3) is 16.7 Å². The maximum absolute atomic E-state index is 13.0. The van der Waals surface area contributed by atoms with Gasteiger partial charge < -0.3 is 14.3 Å². The van der Waals surface area contributed by atoms with Crippen molar-refractivity contribution in [3.05, 3.63) is 114 Å². The van der Waals surface area contributed by atoms with Gasteiger partial charge in [0.2, 0.25) is 0 Å². The van der Waals surface area contributed by atoms with Gasteiger partial charge in [-0.2, -0.15) is 0 Å². The Morgan fingerprint density at radius 3 is 2.61 bits per heavy atom. The molecule has 0 saturated heterocycles. The number of sulfonamides is 1. The van der Waals surface area contributed by atoms with Crippen molar-refractivity contribution < 1.29 is 17.6 Å². The number of rotatable bonds is 7. The van der Waals surface area contributed by atoms with E-state index in [9.17, 15) is 13.2 Å². The van der Waals surface area contributed by atoms with E-state index < -0.39 is 22.1 Å². The van der Waals surface area contributed by atoms with Crippen LogP contribution in [0.2, 0.25) is 0 Å². The van der Waals surface area contributed by atoms with Crippen LogP contribution >= 0.6 is 0 Å². The number of fused-ring (bicyclic) bond motifs is 1. The lowest BCUT2D eigenvalue weighted by Crippen LogP contribution is -2.42. The normalized spacial score (nSPS) is 12.4. The molecular weight excluding hydrogens is 476 g/mol. The van der Waals surface area contributed by atoms with Crippen molar-refractivity contribution in [2.24, 2.45) is 0 Å². The summed E-state index contributed by atoms with van der Waals surface area (Å²) >= 11 is 0. The molecule has 1 atom stereocenters. The van der Waals surface area contributed by atoms with E-state index >= 15 is 0 Å². The minimum Gasteiger partial charge on any atom is -0.464 e. The molecule has 182 valence electrons. The first kappa shape index (κ1) is 23.4. The van der Waals surface area contributed by atoms with Crippen molar-refractivity contribution in [2.45, 2.75) is 24.3 Å². The molecular formula is C27H24N4O4S. The highest BCUT2D eigenvalue weighted by Crippen LogP contribution is 2.24. The van der Waals surface area contributed by atoms with Crippen molar-refractivity contribution in [1.82, 2.24) is 19.6 Å². The molecule has 8 nitrogen and oxygen atoms in total. The highest BCUT2D eigenvalue weighted by molar-refractivity contribution is 7.90. The minimum absolute atomic E-state index is 0.0506. The molecule has 2 aromatic heterocycles. The van der Waals surface area contributed by atoms with Gasteiger partial charge >= 0.3 is 6.03 Å². The van der Waals surface area contributed by atoms with Crippen molar-refractivity contribution in [1.29, 1.82) is 0 Å². The Balaban J connectivity index is 1.46. The zero-order valence-corrected chi connectivity index (χ0v) is 20.3. The molecule has 0 aliphatic carbocycles. The molecule has 0 spiro atoms. The fraction of sp³-hybridized carbons (Fsp3) is 0.111. The van der Waals surface area contributed by atoms with E-state index in [1.54, 1.807) is 43.8 Å². The maximum Gasteiger partial charge on any atom is 0.329 e. The highest BCUT2D eigenvalue weighted by atomic mass is 32.2. The van der Waals surface area contributed by atoms with Crippen LogP contribution in [0.15, 0.2) is 107 Å². The molecule has 0 bridgehead atoms. The number of carbonyl (C=O) groups is 1. The third-order valence-electron chi connectivity index (χ3n) is 5.89. The predicted octanol–water partition coefficient (Wildman–Crippen LogP) is 4.90. The van der Waals surface area contributed by atoms with E-state index in [0.717, 1.165) is 22.2 Å². The summed E-state index contributed by atoms with van der Waals surface area (Å²) in [7, 11) is -4.06. The standard InChI is InChI=1S/C27H24N4O4S/c1-19-7-5-6-10-25(19)36(33,34)30-27(32)29-23(17-20-8-3-2-4-9-20)26-28-14-15-31(26)22-11-12-24-21(18-22)13-16-35-24/h2-16,18,23H,17H2,1H3,(H2,29,30,32). The molecule has 3 aromatic carbocycles. The Morgan fingerprint density at radius 1 is 1.03 bits per heavy atom. The molecule has 0 saturated carbocycles. The van der Waals surface area contributed by atoms with E-state index in [1.807, 2.05) is 59.2 Å². The second kappa shape index (κ2) is 9.71. The summed E-state index contributed by atoms with van der Waals surface area (Å²) < 4.78 is 35.2. The number of hydrogen-bond donors (Lipinski definition) is 2. The molecule has 1 unspecified atom stereocenters. The summed E-state index contributed by atoms with van der Waals surface area (Å²) in [6, 6.07) is 22.3. The Labute approximate surface area is 208 Å². The van der Waals surface area contributed by atoms with Gasteiger partial charge in [0.05, 0.1) is 17.2 Å². The van der Waals surface area contributed by atoms with Crippen LogP contribution in [0, 0.1) is 6.92 Å². The quantitative estimate of drug-likeness (QED) is 0.331.